The van der Waals surface area contributed by atoms with E-state index >= 15 is 0 Å². The molecule has 0 aromatic heterocycles. The van der Waals surface area contributed by atoms with Crippen molar-refractivity contribution in [1.82, 2.24) is 5.32 Å². The zero-order valence-corrected chi connectivity index (χ0v) is 14.3. The summed E-state index contributed by atoms with van der Waals surface area (Å²) in [5.41, 5.74) is 3.67. The molecule has 0 radical (unpaired) electrons. The van der Waals surface area contributed by atoms with E-state index in [0.29, 0.717) is 25.1 Å². The van der Waals surface area contributed by atoms with Crippen molar-refractivity contribution in [2.24, 2.45) is 0 Å². The lowest BCUT2D eigenvalue weighted by Gasteiger charge is -2.26. The molecule has 25 heavy (non-hydrogen) atoms. The van der Waals surface area contributed by atoms with Crippen LogP contribution in [0.15, 0.2) is 42.5 Å². The number of nitrogens with one attached hydrogen (secondary N) is 2. The molecule has 0 fully saturated rings. The van der Waals surface area contributed by atoms with E-state index in [1.165, 1.54) is 0 Å². The number of anilines is 2. The summed E-state index contributed by atoms with van der Waals surface area (Å²) in [6.07, 6.45) is 1.19. The van der Waals surface area contributed by atoms with E-state index in [1.54, 1.807) is 25.1 Å². The maximum absolute atomic E-state index is 12.1. The molecule has 6 heteroatoms. The predicted molar refractivity (Wildman–Crippen MR) is 97.0 cm³/mol. The molecular weight excluding hydrogens is 318 g/mol. The summed E-state index contributed by atoms with van der Waals surface area (Å²) in [6.45, 7) is 0.429. The van der Waals surface area contributed by atoms with Gasteiger partial charge in [-0.25, -0.2) is 4.79 Å². The van der Waals surface area contributed by atoms with Gasteiger partial charge in [-0.3, -0.25) is 4.79 Å². The fourth-order valence-electron chi connectivity index (χ4n) is 2.84. The Kier molecular flexibility index (Phi) is 4.88. The van der Waals surface area contributed by atoms with Gasteiger partial charge < -0.3 is 20.3 Å². The monoisotopic (exact) mass is 339 g/mol. The minimum Gasteiger partial charge on any atom is -0.497 e. The minimum atomic E-state index is -0.268. The van der Waals surface area contributed by atoms with Crippen LogP contribution < -0.4 is 20.3 Å². The average Bonchev–Trinajstić information content (AvgIpc) is 2.63. The van der Waals surface area contributed by atoms with Gasteiger partial charge in [-0.05, 0) is 47.9 Å². The summed E-state index contributed by atoms with van der Waals surface area (Å²) >= 11 is 0. The molecule has 1 heterocycles. The van der Waals surface area contributed by atoms with Gasteiger partial charge in [0.05, 0.1) is 7.11 Å². The number of hydrogen-bond donors (Lipinski definition) is 2. The van der Waals surface area contributed by atoms with E-state index in [9.17, 15) is 9.59 Å². The van der Waals surface area contributed by atoms with E-state index in [4.69, 9.17) is 4.74 Å². The van der Waals surface area contributed by atoms with Crippen LogP contribution in [0.4, 0.5) is 16.2 Å². The summed E-state index contributed by atoms with van der Waals surface area (Å²) in [5, 5.41) is 5.66. The molecule has 0 saturated carbocycles. The first-order chi connectivity index (χ1) is 12.1. The molecule has 2 N–H and O–H groups in total. The number of ether oxygens (including phenoxy) is 1. The highest BCUT2D eigenvalue weighted by molar-refractivity contribution is 5.97. The van der Waals surface area contributed by atoms with E-state index < -0.39 is 0 Å². The summed E-state index contributed by atoms with van der Waals surface area (Å²) in [7, 11) is 3.39. The highest BCUT2D eigenvalue weighted by Gasteiger charge is 2.20. The molecule has 0 saturated heterocycles. The number of benzene rings is 2. The molecule has 0 spiro atoms. The molecule has 3 rings (SSSR count). The smallest absolute Gasteiger partial charge is 0.319 e. The summed E-state index contributed by atoms with van der Waals surface area (Å²) in [5.74, 6) is 0.899. The van der Waals surface area contributed by atoms with Gasteiger partial charge in [-0.1, -0.05) is 12.1 Å². The van der Waals surface area contributed by atoms with Crippen LogP contribution in [0.25, 0.3) is 0 Å². The molecule has 130 valence electrons. The molecule has 2 aromatic carbocycles. The van der Waals surface area contributed by atoms with Gasteiger partial charge in [-0.15, -0.1) is 0 Å². The highest BCUT2D eigenvalue weighted by Crippen LogP contribution is 2.29. The van der Waals surface area contributed by atoms with Crippen molar-refractivity contribution in [1.29, 1.82) is 0 Å². The first-order valence-corrected chi connectivity index (χ1v) is 8.14. The van der Waals surface area contributed by atoms with Crippen LogP contribution in [0.5, 0.6) is 5.75 Å². The second kappa shape index (κ2) is 7.25. The number of carbonyl (C=O) groups excluding carboxylic acids is 2. The highest BCUT2D eigenvalue weighted by atomic mass is 16.5. The van der Waals surface area contributed by atoms with Crippen molar-refractivity contribution < 1.29 is 14.3 Å². The van der Waals surface area contributed by atoms with Crippen LogP contribution >= 0.6 is 0 Å². The third-order valence-electron chi connectivity index (χ3n) is 4.29. The first-order valence-electron chi connectivity index (χ1n) is 8.14. The molecule has 6 nitrogen and oxygen atoms in total. The molecule has 0 unspecified atom stereocenters. The second-order valence-electron chi connectivity index (χ2n) is 5.95. The van der Waals surface area contributed by atoms with Crippen molar-refractivity contribution in [3.8, 4) is 5.75 Å². The first kappa shape index (κ1) is 16.8. The lowest BCUT2D eigenvalue weighted by atomic mass is 10.0. The number of fused-ring (bicyclic) bond motifs is 1. The van der Waals surface area contributed by atoms with Crippen LogP contribution in [0.1, 0.15) is 17.5 Å². The zero-order chi connectivity index (χ0) is 17.8. The SMILES string of the molecule is COc1ccc(CNC(=O)Nc2ccc3c(c2)CCC(=O)N3C)cc1. The van der Waals surface area contributed by atoms with E-state index in [0.717, 1.165) is 22.6 Å². The van der Waals surface area contributed by atoms with Crippen molar-refractivity contribution >= 4 is 23.3 Å². The van der Waals surface area contributed by atoms with Crippen molar-refractivity contribution in [3.63, 3.8) is 0 Å². The van der Waals surface area contributed by atoms with Gasteiger partial charge >= 0.3 is 6.03 Å². The van der Waals surface area contributed by atoms with Gasteiger partial charge in [-0.2, -0.15) is 0 Å². The van der Waals surface area contributed by atoms with Gasteiger partial charge in [0.25, 0.3) is 0 Å². The fraction of sp³-hybridized carbons (Fsp3) is 0.263. The Morgan fingerprint density at radius 1 is 1.16 bits per heavy atom. The Hall–Kier alpha value is -3.02. The third kappa shape index (κ3) is 3.91. The number of urea groups is 1. The lowest BCUT2D eigenvalue weighted by Crippen LogP contribution is -2.31. The fourth-order valence-corrected chi connectivity index (χ4v) is 2.84. The topological polar surface area (TPSA) is 70.7 Å². The van der Waals surface area contributed by atoms with Crippen LogP contribution in [0, 0.1) is 0 Å². The molecule has 0 atom stereocenters. The van der Waals surface area contributed by atoms with E-state index in [2.05, 4.69) is 10.6 Å². The molecular formula is C19H21N3O3. The molecule has 1 aliphatic rings. The summed E-state index contributed by atoms with van der Waals surface area (Å²) < 4.78 is 5.11. The Morgan fingerprint density at radius 2 is 1.92 bits per heavy atom. The Balaban J connectivity index is 1.58. The number of nitrogens with zero attached hydrogens (tertiary/aromatic N) is 1. The van der Waals surface area contributed by atoms with Gasteiger partial charge in [0.15, 0.2) is 0 Å². The molecule has 1 aliphatic heterocycles. The predicted octanol–water partition coefficient (Wildman–Crippen LogP) is 2.93. The Morgan fingerprint density at radius 3 is 2.64 bits per heavy atom. The van der Waals surface area contributed by atoms with Crippen LogP contribution in [0.3, 0.4) is 0 Å². The number of amides is 3. The molecule has 0 bridgehead atoms. The van der Waals surface area contributed by atoms with Crippen LogP contribution in [-0.4, -0.2) is 26.1 Å². The molecule has 3 amide bonds. The van der Waals surface area contributed by atoms with Crippen molar-refractivity contribution in [2.45, 2.75) is 19.4 Å². The van der Waals surface area contributed by atoms with Crippen molar-refractivity contribution in [3.05, 3.63) is 53.6 Å². The maximum atomic E-state index is 12.1. The third-order valence-corrected chi connectivity index (χ3v) is 4.29. The zero-order valence-electron chi connectivity index (χ0n) is 14.3. The minimum absolute atomic E-state index is 0.116. The quantitative estimate of drug-likeness (QED) is 0.900. The number of carbonyl (C=O) groups is 2. The average molecular weight is 339 g/mol. The Labute approximate surface area is 146 Å². The molecule has 0 aliphatic carbocycles. The Bertz CT molecular complexity index is 787. The number of methoxy groups -OCH3 is 1. The maximum Gasteiger partial charge on any atom is 0.319 e. The van der Waals surface area contributed by atoms with Crippen molar-refractivity contribution in [2.75, 3.05) is 24.4 Å². The van der Waals surface area contributed by atoms with Crippen LogP contribution in [0.2, 0.25) is 0 Å². The van der Waals surface area contributed by atoms with Crippen LogP contribution in [-0.2, 0) is 17.8 Å². The van der Waals surface area contributed by atoms with Gasteiger partial charge in [0, 0.05) is 31.4 Å². The second-order valence-corrected chi connectivity index (χ2v) is 5.95. The van der Waals surface area contributed by atoms with Gasteiger partial charge in [0.2, 0.25) is 5.91 Å². The standard InChI is InChI=1S/C19H21N3O3/c1-22-17-9-6-15(11-14(17)5-10-18(22)23)21-19(24)20-12-13-3-7-16(25-2)8-4-13/h3-4,6-9,11H,5,10,12H2,1-2H3,(H2,20,21,24). The van der Waals surface area contributed by atoms with E-state index in [-0.39, 0.29) is 11.9 Å². The normalized spacial score (nSPS) is 13.2. The summed E-state index contributed by atoms with van der Waals surface area (Å²) in [6, 6.07) is 12.9. The summed E-state index contributed by atoms with van der Waals surface area (Å²) in [4.78, 5) is 25.5. The van der Waals surface area contributed by atoms with E-state index in [1.807, 2.05) is 36.4 Å². The number of hydrogen-bond acceptors (Lipinski definition) is 3. The lowest BCUT2D eigenvalue weighted by molar-refractivity contribution is -0.118. The molecule has 2 aromatic rings. The largest absolute Gasteiger partial charge is 0.497 e. The van der Waals surface area contributed by atoms with Gasteiger partial charge in [0.1, 0.15) is 5.75 Å². The number of aryl methyl sites for hydroxylation is 1. The number of rotatable bonds is 4.